The maximum absolute atomic E-state index is 11.9. The zero-order valence-electron chi connectivity index (χ0n) is 14.7. The molecular formula is C16H25N5O4. The van der Waals surface area contributed by atoms with E-state index in [0.717, 1.165) is 0 Å². The SMILES string of the molecule is CCOC(=O)N1CCN(C(=NC)NCC(=O)NCc2ccco2)CC1. The number of aliphatic imine (C=N–C) groups is 1. The second-order valence-corrected chi connectivity index (χ2v) is 5.43. The molecule has 9 heteroatoms. The number of guanidine groups is 1. The van der Waals surface area contributed by atoms with Crippen molar-refractivity contribution in [1.29, 1.82) is 0 Å². The summed E-state index contributed by atoms with van der Waals surface area (Å²) in [6.07, 6.45) is 1.28. The van der Waals surface area contributed by atoms with Gasteiger partial charge in [0.1, 0.15) is 5.76 Å². The van der Waals surface area contributed by atoms with Crippen LogP contribution in [-0.4, -0.2) is 74.1 Å². The van der Waals surface area contributed by atoms with Gasteiger partial charge < -0.3 is 29.6 Å². The molecule has 0 spiro atoms. The maximum Gasteiger partial charge on any atom is 0.409 e. The molecule has 0 radical (unpaired) electrons. The third-order valence-electron chi connectivity index (χ3n) is 3.76. The lowest BCUT2D eigenvalue weighted by Crippen LogP contribution is -2.54. The Labute approximate surface area is 147 Å². The first kappa shape index (κ1) is 18.6. The molecule has 9 nitrogen and oxygen atoms in total. The monoisotopic (exact) mass is 351 g/mol. The molecule has 1 aromatic rings. The molecule has 0 aliphatic carbocycles. The Morgan fingerprint density at radius 2 is 1.96 bits per heavy atom. The topological polar surface area (TPSA) is 99.4 Å². The molecule has 2 amide bonds. The van der Waals surface area contributed by atoms with Crippen molar-refractivity contribution in [2.24, 2.45) is 4.99 Å². The van der Waals surface area contributed by atoms with Gasteiger partial charge in [-0.2, -0.15) is 0 Å². The Morgan fingerprint density at radius 1 is 1.24 bits per heavy atom. The van der Waals surface area contributed by atoms with E-state index in [2.05, 4.69) is 15.6 Å². The number of hydrogen-bond acceptors (Lipinski definition) is 5. The zero-order valence-corrected chi connectivity index (χ0v) is 14.7. The number of rotatable bonds is 5. The second-order valence-electron chi connectivity index (χ2n) is 5.43. The largest absolute Gasteiger partial charge is 0.467 e. The molecule has 1 aliphatic heterocycles. The number of ether oxygens (including phenoxy) is 1. The normalized spacial score (nSPS) is 15.0. The Balaban J connectivity index is 1.71. The molecule has 0 unspecified atom stereocenters. The first-order valence-electron chi connectivity index (χ1n) is 8.30. The summed E-state index contributed by atoms with van der Waals surface area (Å²) in [5.74, 6) is 1.19. The second kappa shape index (κ2) is 9.55. The van der Waals surface area contributed by atoms with Gasteiger partial charge in [0.25, 0.3) is 0 Å². The van der Waals surface area contributed by atoms with Crippen LogP contribution in [0.25, 0.3) is 0 Å². The number of nitrogens with zero attached hydrogens (tertiary/aromatic N) is 3. The van der Waals surface area contributed by atoms with Crippen molar-refractivity contribution in [1.82, 2.24) is 20.4 Å². The average molecular weight is 351 g/mol. The van der Waals surface area contributed by atoms with Crippen LogP contribution >= 0.6 is 0 Å². The molecule has 1 fully saturated rings. The molecule has 138 valence electrons. The van der Waals surface area contributed by atoms with E-state index in [9.17, 15) is 9.59 Å². The number of nitrogens with one attached hydrogen (secondary N) is 2. The summed E-state index contributed by atoms with van der Waals surface area (Å²) in [6, 6.07) is 3.58. The van der Waals surface area contributed by atoms with Crippen molar-refractivity contribution < 1.29 is 18.7 Å². The van der Waals surface area contributed by atoms with Crippen LogP contribution in [0.1, 0.15) is 12.7 Å². The third kappa shape index (κ3) is 5.70. The summed E-state index contributed by atoms with van der Waals surface area (Å²) in [6.45, 7) is 5.01. The van der Waals surface area contributed by atoms with Crippen LogP contribution in [0.3, 0.4) is 0 Å². The van der Waals surface area contributed by atoms with Gasteiger partial charge in [-0.3, -0.25) is 9.79 Å². The molecule has 0 atom stereocenters. The lowest BCUT2D eigenvalue weighted by molar-refractivity contribution is -0.120. The van der Waals surface area contributed by atoms with Crippen LogP contribution in [0.2, 0.25) is 0 Å². The van der Waals surface area contributed by atoms with E-state index in [0.29, 0.717) is 51.1 Å². The van der Waals surface area contributed by atoms with E-state index in [4.69, 9.17) is 9.15 Å². The minimum atomic E-state index is -0.289. The fourth-order valence-corrected chi connectivity index (χ4v) is 2.47. The van der Waals surface area contributed by atoms with Crippen molar-refractivity contribution in [3.8, 4) is 0 Å². The molecule has 2 N–H and O–H groups in total. The van der Waals surface area contributed by atoms with Crippen LogP contribution < -0.4 is 10.6 Å². The molecule has 2 rings (SSSR count). The smallest absolute Gasteiger partial charge is 0.409 e. The predicted molar refractivity (Wildman–Crippen MR) is 92.1 cm³/mol. The highest BCUT2D eigenvalue weighted by Gasteiger charge is 2.23. The van der Waals surface area contributed by atoms with Gasteiger partial charge in [0, 0.05) is 33.2 Å². The number of piperazine rings is 1. The Bertz CT molecular complexity index is 579. The van der Waals surface area contributed by atoms with Gasteiger partial charge in [-0.15, -0.1) is 0 Å². The Hall–Kier alpha value is -2.71. The highest BCUT2D eigenvalue weighted by Crippen LogP contribution is 2.04. The van der Waals surface area contributed by atoms with Crippen molar-refractivity contribution in [3.63, 3.8) is 0 Å². The maximum atomic E-state index is 11.9. The molecule has 1 aromatic heterocycles. The van der Waals surface area contributed by atoms with E-state index in [1.165, 1.54) is 0 Å². The standard InChI is InChI=1S/C16H25N5O4/c1-3-24-16(23)21-8-6-20(7-9-21)15(17-2)19-12-14(22)18-11-13-5-4-10-25-13/h4-5,10H,3,6-9,11-12H2,1-2H3,(H,17,19)(H,18,22). The quantitative estimate of drug-likeness (QED) is 0.583. The van der Waals surface area contributed by atoms with E-state index in [-0.39, 0.29) is 18.5 Å². The predicted octanol–water partition coefficient (Wildman–Crippen LogP) is 0.245. The molecular weight excluding hydrogens is 326 g/mol. The lowest BCUT2D eigenvalue weighted by atomic mass is 10.3. The summed E-state index contributed by atoms with van der Waals surface area (Å²) >= 11 is 0. The first-order chi connectivity index (χ1) is 12.1. The highest BCUT2D eigenvalue weighted by molar-refractivity contribution is 5.86. The number of hydrogen-bond donors (Lipinski definition) is 2. The Morgan fingerprint density at radius 3 is 2.56 bits per heavy atom. The van der Waals surface area contributed by atoms with Crippen LogP contribution in [-0.2, 0) is 16.1 Å². The molecule has 0 aromatic carbocycles. The van der Waals surface area contributed by atoms with Crippen molar-refractivity contribution in [3.05, 3.63) is 24.2 Å². The van der Waals surface area contributed by atoms with Crippen molar-refractivity contribution >= 4 is 18.0 Å². The molecule has 2 heterocycles. The fourth-order valence-electron chi connectivity index (χ4n) is 2.47. The van der Waals surface area contributed by atoms with Crippen LogP contribution in [0.15, 0.2) is 27.8 Å². The van der Waals surface area contributed by atoms with Gasteiger partial charge in [-0.1, -0.05) is 0 Å². The Kier molecular flexibility index (Phi) is 7.12. The van der Waals surface area contributed by atoms with E-state index in [1.54, 1.807) is 37.3 Å². The summed E-state index contributed by atoms with van der Waals surface area (Å²) in [5.41, 5.74) is 0. The number of furan rings is 1. The number of amides is 2. The fraction of sp³-hybridized carbons (Fsp3) is 0.562. The molecule has 1 saturated heterocycles. The van der Waals surface area contributed by atoms with Crippen LogP contribution in [0, 0.1) is 0 Å². The third-order valence-corrected chi connectivity index (χ3v) is 3.76. The van der Waals surface area contributed by atoms with Crippen LogP contribution in [0.5, 0.6) is 0 Å². The molecule has 0 bridgehead atoms. The van der Waals surface area contributed by atoms with Gasteiger partial charge >= 0.3 is 6.09 Å². The van der Waals surface area contributed by atoms with E-state index in [1.807, 2.05) is 4.90 Å². The summed E-state index contributed by atoms with van der Waals surface area (Å²) in [4.78, 5) is 31.5. The summed E-state index contributed by atoms with van der Waals surface area (Å²) in [5, 5.41) is 5.80. The average Bonchev–Trinajstić information content (AvgIpc) is 3.15. The minimum Gasteiger partial charge on any atom is -0.467 e. The van der Waals surface area contributed by atoms with Crippen molar-refractivity contribution in [2.45, 2.75) is 13.5 Å². The van der Waals surface area contributed by atoms with E-state index < -0.39 is 0 Å². The lowest BCUT2D eigenvalue weighted by Gasteiger charge is -2.35. The summed E-state index contributed by atoms with van der Waals surface area (Å²) < 4.78 is 10.2. The minimum absolute atomic E-state index is 0.117. The summed E-state index contributed by atoms with van der Waals surface area (Å²) in [7, 11) is 1.67. The van der Waals surface area contributed by atoms with Crippen LogP contribution in [0.4, 0.5) is 4.79 Å². The molecule has 0 saturated carbocycles. The number of carbonyl (C=O) groups excluding carboxylic acids is 2. The molecule has 25 heavy (non-hydrogen) atoms. The highest BCUT2D eigenvalue weighted by atomic mass is 16.6. The van der Waals surface area contributed by atoms with Gasteiger partial charge in [0.15, 0.2) is 5.96 Å². The molecule has 1 aliphatic rings. The number of carbonyl (C=O) groups is 2. The van der Waals surface area contributed by atoms with Gasteiger partial charge in [0.05, 0.1) is 26.0 Å². The van der Waals surface area contributed by atoms with Gasteiger partial charge in [0.2, 0.25) is 5.91 Å². The van der Waals surface area contributed by atoms with E-state index >= 15 is 0 Å². The zero-order chi connectivity index (χ0) is 18.1. The first-order valence-corrected chi connectivity index (χ1v) is 8.30. The van der Waals surface area contributed by atoms with Crippen molar-refractivity contribution in [2.75, 3.05) is 46.4 Å². The van der Waals surface area contributed by atoms with Gasteiger partial charge in [-0.05, 0) is 19.1 Å². The van der Waals surface area contributed by atoms with Gasteiger partial charge in [-0.25, -0.2) is 4.79 Å².